The second-order valence-electron chi connectivity index (χ2n) is 11.5. The van der Waals surface area contributed by atoms with E-state index in [1.807, 2.05) is 121 Å². The van der Waals surface area contributed by atoms with Crippen molar-refractivity contribution in [2.75, 3.05) is 24.7 Å². The largest absolute Gasteiger partial charge is 0.406 e. The van der Waals surface area contributed by atoms with Crippen LogP contribution < -0.4 is 22.0 Å². The van der Waals surface area contributed by atoms with Crippen molar-refractivity contribution in [1.82, 2.24) is 49.9 Å². The zero-order valence-electron chi connectivity index (χ0n) is 29.1. The number of rotatable bonds is 10. The van der Waals surface area contributed by atoms with Gasteiger partial charge in [-0.3, -0.25) is 0 Å². The molecule has 15 nitrogen and oxygen atoms in total. The molecule has 0 bridgehead atoms. The lowest BCUT2D eigenvalue weighted by molar-refractivity contribution is 0.463. The normalized spacial score (nSPS) is 10.7. The van der Waals surface area contributed by atoms with E-state index < -0.39 is 11.4 Å². The summed E-state index contributed by atoms with van der Waals surface area (Å²) < 4.78 is 7.94. The Morgan fingerprint density at radius 2 is 0.981 bits per heavy atom. The lowest BCUT2D eigenvalue weighted by Crippen LogP contribution is -2.27. The maximum absolute atomic E-state index is 12.6. The van der Waals surface area contributed by atoms with Crippen LogP contribution in [-0.2, 0) is 13.1 Å². The van der Waals surface area contributed by atoms with E-state index in [4.69, 9.17) is 4.42 Å². The van der Waals surface area contributed by atoms with Crippen molar-refractivity contribution in [3.63, 3.8) is 0 Å². The molecule has 268 valence electrons. The molecule has 0 atom stereocenters. The maximum atomic E-state index is 12.6. The maximum Gasteiger partial charge on any atom is 0.365 e. The van der Waals surface area contributed by atoms with E-state index in [1.165, 1.54) is 20.7 Å². The number of nitrogens with zero attached hydrogens (tertiary/aromatic N) is 10. The molecule has 0 amide bonds. The first-order valence-electron chi connectivity index (χ1n) is 16.7. The molecule has 8 aromatic rings. The van der Waals surface area contributed by atoms with Crippen LogP contribution in [-0.4, -0.2) is 64.0 Å². The molecule has 54 heavy (non-hydrogen) atoms. The average Bonchev–Trinajstić information content (AvgIpc) is 3.90. The van der Waals surface area contributed by atoms with E-state index in [0.29, 0.717) is 32.9 Å². The third kappa shape index (κ3) is 8.13. The molecule has 0 spiro atoms. The smallest absolute Gasteiger partial charge is 0.365 e. The van der Waals surface area contributed by atoms with Crippen LogP contribution in [0.2, 0.25) is 0 Å². The van der Waals surface area contributed by atoms with Gasteiger partial charge in [0.05, 0.1) is 0 Å². The number of benzene rings is 4. The van der Waals surface area contributed by atoms with Crippen molar-refractivity contribution in [2.45, 2.75) is 13.1 Å². The number of nitrogens with one attached hydrogen (secondary N) is 2. The molecule has 0 aliphatic rings. The van der Waals surface area contributed by atoms with Crippen LogP contribution in [0.25, 0.3) is 45.0 Å². The third-order valence-corrected chi connectivity index (χ3v) is 8.79. The first-order valence-corrected chi connectivity index (χ1v) is 17.5. The predicted molar refractivity (Wildman–Crippen MR) is 206 cm³/mol. The Kier molecular flexibility index (Phi) is 10.7. The Morgan fingerprint density at radius 1 is 0.537 bits per heavy atom. The molecule has 8 rings (SSSR count). The first kappa shape index (κ1) is 35.2. The predicted octanol–water partition coefficient (Wildman–Crippen LogP) is 5.36. The van der Waals surface area contributed by atoms with Gasteiger partial charge in [-0.05, 0) is 0 Å². The van der Waals surface area contributed by atoms with Crippen molar-refractivity contribution in [1.29, 1.82) is 0 Å². The number of anilines is 2. The van der Waals surface area contributed by atoms with Crippen molar-refractivity contribution in [3.05, 3.63) is 153 Å². The van der Waals surface area contributed by atoms with Gasteiger partial charge in [-0.15, -0.1) is 15.3 Å². The Morgan fingerprint density at radius 3 is 1.39 bits per heavy atom. The van der Waals surface area contributed by atoms with E-state index in [0.717, 1.165) is 22.3 Å². The van der Waals surface area contributed by atoms with Crippen LogP contribution in [0.4, 0.5) is 11.1 Å². The van der Waals surface area contributed by atoms with Crippen molar-refractivity contribution in [3.8, 4) is 45.0 Å². The summed E-state index contributed by atoms with van der Waals surface area (Å²) in [5.41, 5.74) is 4.87. The van der Waals surface area contributed by atoms with Gasteiger partial charge in [0.15, 0.2) is 0 Å². The average molecular weight is 737 g/mol. The van der Waals surface area contributed by atoms with Crippen molar-refractivity contribution in [2.24, 2.45) is 0 Å². The molecule has 0 aliphatic carbocycles. The summed E-state index contributed by atoms with van der Waals surface area (Å²) in [6, 6.07) is 38.7. The highest BCUT2D eigenvalue weighted by molar-refractivity contribution is 7.15. The Labute approximate surface area is 312 Å². The molecule has 0 fully saturated rings. The standard InChI is InChI=1S/C19H16N6O2.C19H16N6OS/c2*1-20-18-23-22-15(27-18)12-25-19(26)21-16(13-8-4-2-5-9-13)17(24-25)14-10-6-3-7-11-14/h2*2-11H,12H2,1H3,(H,20,23). The van der Waals surface area contributed by atoms with Crippen LogP contribution in [0.1, 0.15) is 10.9 Å². The Hall–Kier alpha value is -7.20. The van der Waals surface area contributed by atoms with E-state index in [9.17, 15) is 9.59 Å². The minimum absolute atomic E-state index is 0.0371. The van der Waals surface area contributed by atoms with Gasteiger partial charge in [0, 0.05) is 36.3 Å². The second kappa shape index (κ2) is 16.4. The highest BCUT2D eigenvalue weighted by atomic mass is 32.1. The lowest BCUT2D eigenvalue weighted by Gasteiger charge is -2.10. The molecule has 16 heteroatoms. The second-order valence-corrected chi connectivity index (χ2v) is 12.5. The van der Waals surface area contributed by atoms with Gasteiger partial charge in [0.25, 0.3) is 0 Å². The molecule has 0 radical (unpaired) electrons. The van der Waals surface area contributed by atoms with Crippen LogP contribution in [0.3, 0.4) is 0 Å². The summed E-state index contributed by atoms with van der Waals surface area (Å²) in [5.74, 6) is 0.266. The zero-order chi connectivity index (χ0) is 37.3. The molecule has 0 unspecified atom stereocenters. The molecule has 4 aromatic carbocycles. The minimum atomic E-state index is -0.488. The quantitative estimate of drug-likeness (QED) is 0.183. The number of aromatic nitrogens is 10. The van der Waals surface area contributed by atoms with Gasteiger partial charge in [-0.1, -0.05) is 138 Å². The SMILES string of the molecule is CNc1nnc(Cn2nc(-c3ccccc3)c(-c3ccccc3)nc2=O)o1.CNc1nnc(Cn2nc(-c3ccccc3)c(-c3ccccc3)nc2=O)s1. The van der Waals surface area contributed by atoms with Gasteiger partial charge in [0.2, 0.25) is 11.0 Å². The monoisotopic (exact) mass is 736 g/mol. The summed E-state index contributed by atoms with van der Waals surface area (Å²) in [4.78, 5) is 33.8. The van der Waals surface area contributed by atoms with Crippen LogP contribution in [0.5, 0.6) is 0 Å². The zero-order valence-corrected chi connectivity index (χ0v) is 29.9. The highest BCUT2D eigenvalue weighted by Gasteiger charge is 2.18. The molecule has 0 saturated carbocycles. The Balaban J connectivity index is 0.000000167. The van der Waals surface area contributed by atoms with Gasteiger partial charge >= 0.3 is 17.4 Å². The first-order chi connectivity index (χ1) is 26.5. The minimum Gasteiger partial charge on any atom is -0.406 e. The fraction of sp³-hybridized carbons (Fsp3) is 0.105. The van der Waals surface area contributed by atoms with E-state index in [1.54, 1.807) is 14.1 Å². The fourth-order valence-electron chi connectivity index (χ4n) is 5.31. The summed E-state index contributed by atoms with van der Waals surface area (Å²) >= 11 is 1.38. The van der Waals surface area contributed by atoms with Crippen molar-refractivity contribution < 1.29 is 4.42 Å². The van der Waals surface area contributed by atoms with Gasteiger partial charge < -0.3 is 15.1 Å². The Bertz CT molecular complexity index is 2400. The number of hydrogen-bond acceptors (Lipinski definition) is 14. The third-order valence-electron chi connectivity index (χ3n) is 7.87. The van der Waals surface area contributed by atoms with Crippen LogP contribution in [0.15, 0.2) is 135 Å². The molecular formula is C38H32N12O3S. The van der Waals surface area contributed by atoms with Gasteiger partial charge in [-0.25, -0.2) is 19.0 Å². The summed E-state index contributed by atoms with van der Waals surface area (Å²) in [7, 11) is 3.45. The van der Waals surface area contributed by atoms with Crippen molar-refractivity contribution >= 4 is 22.5 Å². The van der Waals surface area contributed by atoms with Gasteiger partial charge in [0.1, 0.15) is 40.9 Å². The lowest BCUT2D eigenvalue weighted by atomic mass is 10.0. The summed E-state index contributed by atoms with van der Waals surface area (Å²) in [6.45, 7) is 0.259. The molecule has 0 aliphatic heterocycles. The molecule has 4 aromatic heterocycles. The number of hydrogen-bond donors (Lipinski definition) is 2. The van der Waals surface area contributed by atoms with Gasteiger partial charge in [-0.2, -0.15) is 20.2 Å². The highest BCUT2D eigenvalue weighted by Crippen LogP contribution is 2.28. The fourth-order valence-corrected chi connectivity index (χ4v) is 5.98. The molecule has 4 heterocycles. The molecule has 2 N–H and O–H groups in total. The van der Waals surface area contributed by atoms with Crippen LogP contribution in [0, 0.1) is 0 Å². The van der Waals surface area contributed by atoms with E-state index >= 15 is 0 Å². The van der Waals surface area contributed by atoms with E-state index in [-0.39, 0.29) is 25.0 Å². The summed E-state index contributed by atoms with van der Waals surface area (Å²) in [6.07, 6.45) is 0. The van der Waals surface area contributed by atoms with E-state index in [2.05, 4.69) is 51.2 Å². The van der Waals surface area contributed by atoms with Crippen LogP contribution >= 0.6 is 11.3 Å². The molecule has 0 saturated heterocycles. The topological polar surface area (TPSA) is 184 Å². The molecular weight excluding hydrogens is 705 g/mol. The summed E-state index contributed by atoms with van der Waals surface area (Å²) in [5, 5.41) is 32.0.